The lowest BCUT2D eigenvalue weighted by Gasteiger charge is -2.26. The fourth-order valence-electron chi connectivity index (χ4n) is 3.22. The van der Waals surface area contributed by atoms with E-state index in [-0.39, 0.29) is 6.04 Å². The SMILES string of the molecule is Bc1ccc2c(CC(C)N(C)S(=O)(=O)C(C)C)cn(CC(C)C)c2c1. The van der Waals surface area contributed by atoms with Crippen LogP contribution in [-0.2, 0) is 23.0 Å². The number of sulfonamides is 1. The first-order valence-electron chi connectivity index (χ1n) is 9.09. The van der Waals surface area contributed by atoms with E-state index >= 15 is 0 Å². The zero-order chi connectivity index (χ0) is 18.9. The quantitative estimate of drug-likeness (QED) is 0.709. The van der Waals surface area contributed by atoms with Gasteiger partial charge in [-0.1, -0.05) is 31.4 Å². The molecule has 1 atom stereocenters. The van der Waals surface area contributed by atoms with Gasteiger partial charge < -0.3 is 4.57 Å². The summed E-state index contributed by atoms with van der Waals surface area (Å²) >= 11 is 0. The topological polar surface area (TPSA) is 42.3 Å². The van der Waals surface area contributed by atoms with E-state index in [1.807, 2.05) is 6.92 Å². The fourth-order valence-corrected chi connectivity index (χ4v) is 4.46. The molecule has 4 nitrogen and oxygen atoms in total. The first-order valence-corrected chi connectivity index (χ1v) is 10.6. The van der Waals surface area contributed by atoms with E-state index in [9.17, 15) is 8.42 Å². The first kappa shape index (κ1) is 20.1. The number of rotatable bonds is 7. The van der Waals surface area contributed by atoms with Crippen molar-refractivity contribution < 1.29 is 8.42 Å². The van der Waals surface area contributed by atoms with Gasteiger partial charge in [-0.15, -0.1) is 0 Å². The van der Waals surface area contributed by atoms with Crippen LogP contribution in [0.2, 0.25) is 0 Å². The Balaban J connectivity index is 2.38. The van der Waals surface area contributed by atoms with E-state index in [0.717, 1.165) is 6.54 Å². The highest BCUT2D eigenvalue weighted by atomic mass is 32.2. The minimum Gasteiger partial charge on any atom is -0.347 e. The maximum atomic E-state index is 12.4. The maximum absolute atomic E-state index is 12.4. The summed E-state index contributed by atoms with van der Waals surface area (Å²) in [5, 5.41) is 0.832. The zero-order valence-electron chi connectivity index (χ0n) is 16.6. The smallest absolute Gasteiger partial charge is 0.216 e. The second-order valence-electron chi connectivity index (χ2n) is 7.88. The Labute approximate surface area is 153 Å². The van der Waals surface area contributed by atoms with Gasteiger partial charge in [0.05, 0.1) is 5.25 Å². The van der Waals surface area contributed by atoms with Gasteiger partial charge in [0.15, 0.2) is 0 Å². The molecule has 0 aliphatic rings. The Morgan fingerprint density at radius 3 is 2.36 bits per heavy atom. The lowest BCUT2D eigenvalue weighted by atomic mass is 9.94. The van der Waals surface area contributed by atoms with Crippen molar-refractivity contribution in [3.63, 3.8) is 0 Å². The van der Waals surface area contributed by atoms with Crippen LogP contribution in [0.1, 0.15) is 40.2 Å². The van der Waals surface area contributed by atoms with Crippen molar-refractivity contribution in [1.29, 1.82) is 0 Å². The van der Waals surface area contributed by atoms with Crippen molar-refractivity contribution >= 4 is 34.2 Å². The first-order chi connectivity index (χ1) is 11.5. The van der Waals surface area contributed by atoms with E-state index in [1.54, 1.807) is 20.9 Å². The molecular formula is C19H31BN2O2S. The molecule has 1 aromatic heterocycles. The molecule has 0 aliphatic heterocycles. The maximum Gasteiger partial charge on any atom is 0.216 e. The molecule has 0 N–H and O–H groups in total. The summed E-state index contributed by atoms with van der Waals surface area (Å²) in [7, 11) is 0.559. The van der Waals surface area contributed by atoms with Crippen LogP contribution < -0.4 is 5.46 Å². The van der Waals surface area contributed by atoms with Crippen LogP contribution in [0.25, 0.3) is 10.9 Å². The summed E-state index contributed by atoms with van der Waals surface area (Å²) in [5.74, 6) is 0.561. The lowest BCUT2D eigenvalue weighted by Crippen LogP contribution is -2.40. The standard InChI is InChI=1S/C19H31BN2O2S/c1-13(2)11-22-12-16(18-8-7-17(20)10-19(18)22)9-15(5)21(6)25(23,24)14(3)4/h7-8,10,12-15H,9,11,20H2,1-6H3. The Bertz CT molecular complexity index is 840. The van der Waals surface area contributed by atoms with Crippen molar-refractivity contribution in [1.82, 2.24) is 8.87 Å². The molecule has 6 heteroatoms. The molecular weight excluding hydrogens is 331 g/mol. The van der Waals surface area contributed by atoms with Gasteiger partial charge in [-0.3, -0.25) is 0 Å². The van der Waals surface area contributed by atoms with Crippen LogP contribution in [0.3, 0.4) is 0 Å². The molecule has 1 aromatic carbocycles. The number of fused-ring (bicyclic) bond motifs is 1. The Kier molecular flexibility index (Phi) is 6.05. The summed E-state index contributed by atoms with van der Waals surface area (Å²) in [6.07, 6.45) is 2.92. The van der Waals surface area contributed by atoms with E-state index in [2.05, 4.69) is 50.7 Å². The number of hydrogen-bond donors (Lipinski definition) is 0. The van der Waals surface area contributed by atoms with Crippen molar-refractivity contribution in [2.24, 2.45) is 5.92 Å². The van der Waals surface area contributed by atoms with Crippen LogP contribution in [0.15, 0.2) is 24.4 Å². The summed E-state index contributed by atoms with van der Waals surface area (Å²) in [6.45, 7) is 10.8. The third-order valence-corrected chi connectivity index (χ3v) is 7.17. The third-order valence-electron chi connectivity index (χ3n) is 4.82. The normalized spacial score (nSPS) is 14.1. The van der Waals surface area contributed by atoms with E-state index in [4.69, 9.17) is 0 Å². The number of benzene rings is 1. The molecule has 0 saturated heterocycles. The lowest BCUT2D eigenvalue weighted by molar-refractivity contribution is 0.383. The molecule has 0 amide bonds. The monoisotopic (exact) mass is 362 g/mol. The summed E-state index contributed by atoms with van der Waals surface area (Å²) in [4.78, 5) is 0. The molecule has 0 fully saturated rings. The highest BCUT2D eigenvalue weighted by Gasteiger charge is 2.27. The molecule has 0 aliphatic carbocycles. The van der Waals surface area contributed by atoms with Gasteiger partial charge in [-0.2, -0.15) is 0 Å². The summed E-state index contributed by atoms with van der Waals surface area (Å²) in [5.41, 5.74) is 3.70. The van der Waals surface area contributed by atoms with Gasteiger partial charge in [0.2, 0.25) is 10.0 Å². The van der Waals surface area contributed by atoms with Crippen LogP contribution in [0.4, 0.5) is 0 Å². The highest BCUT2D eigenvalue weighted by molar-refractivity contribution is 7.89. The fraction of sp³-hybridized carbons (Fsp3) is 0.579. The minimum atomic E-state index is -3.24. The zero-order valence-corrected chi connectivity index (χ0v) is 17.4. The van der Waals surface area contributed by atoms with Crippen molar-refractivity contribution in [2.75, 3.05) is 7.05 Å². The molecule has 1 heterocycles. The average molecular weight is 362 g/mol. The molecule has 138 valence electrons. The summed E-state index contributed by atoms with van der Waals surface area (Å²) < 4.78 is 28.7. The third kappa shape index (κ3) is 4.29. The van der Waals surface area contributed by atoms with Crippen molar-refractivity contribution in [3.8, 4) is 0 Å². The summed E-state index contributed by atoms with van der Waals surface area (Å²) in [6, 6.07) is 6.44. The Hall–Kier alpha value is -1.27. The second kappa shape index (κ2) is 7.54. The van der Waals surface area contributed by atoms with Gasteiger partial charge in [-0.05, 0) is 44.7 Å². The van der Waals surface area contributed by atoms with Crippen molar-refractivity contribution in [3.05, 3.63) is 30.0 Å². The Morgan fingerprint density at radius 1 is 1.16 bits per heavy atom. The molecule has 25 heavy (non-hydrogen) atoms. The predicted octanol–water partition coefficient (Wildman–Crippen LogP) is 2.16. The molecule has 2 aromatic rings. The largest absolute Gasteiger partial charge is 0.347 e. The van der Waals surface area contributed by atoms with E-state index in [1.165, 1.54) is 26.2 Å². The Morgan fingerprint density at radius 2 is 1.80 bits per heavy atom. The number of likely N-dealkylation sites (N-methyl/N-ethyl adjacent to an activating group) is 1. The number of nitrogens with zero attached hydrogens (tertiary/aromatic N) is 2. The van der Waals surface area contributed by atoms with Gasteiger partial charge in [-0.25, -0.2) is 12.7 Å². The highest BCUT2D eigenvalue weighted by Crippen LogP contribution is 2.24. The second-order valence-corrected chi connectivity index (χ2v) is 10.4. The van der Waals surface area contributed by atoms with E-state index in [0.29, 0.717) is 12.3 Å². The van der Waals surface area contributed by atoms with Gasteiger partial charge in [0.1, 0.15) is 7.85 Å². The molecule has 0 saturated carbocycles. The minimum absolute atomic E-state index is 0.0770. The van der Waals surface area contributed by atoms with Crippen LogP contribution in [0.5, 0.6) is 0 Å². The molecule has 2 rings (SSSR count). The van der Waals surface area contributed by atoms with E-state index < -0.39 is 15.3 Å². The molecule has 1 unspecified atom stereocenters. The van der Waals surface area contributed by atoms with Crippen molar-refractivity contribution in [2.45, 2.75) is 58.9 Å². The van der Waals surface area contributed by atoms with Gasteiger partial charge in [0.25, 0.3) is 0 Å². The number of aromatic nitrogens is 1. The van der Waals surface area contributed by atoms with Crippen LogP contribution in [-0.4, -0.2) is 43.5 Å². The molecule has 0 spiro atoms. The van der Waals surface area contributed by atoms with Gasteiger partial charge >= 0.3 is 0 Å². The predicted molar refractivity (Wildman–Crippen MR) is 110 cm³/mol. The van der Waals surface area contributed by atoms with Gasteiger partial charge in [0, 0.05) is 36.7 Å². The molecule has 0 radical (unpaired) electrons. The van der Waals surface area contributed by atoms with Crippen LogP contribution in [0, 0.1) is 5.92 Å². The molecule has 0 bridgehead atoms. The van der Waals surface area contributed by atoms with Crippen LogP contribution >= 0.6 is 0 Å². The average Bonchev–Trinajstić information content (AvgIpc) is 2.82. The number of hydrogen-bond acceptors (Lipinski definition) is 2.